The van der Waals surface area contributed by atoms with Crippen molar-refractivity contribution < 1.29 is 4.39 Å². The molecule has 1 aromatic rings. The third-order valence-corrected chi connectivity index (χ3v) is 2.63. The van der Waals surface area contributed by atoms with Gasteiger partial charge in [0.25, 0.3) is 0 Å². The molecule has 2 heterocycles. The van der Waals surface area contributed by atoms with Gasteiger partial charge in [0, 0.05) is 23.8 Å². The molecule has 2 rings (SSSR count). The molecule has 1 fully saturated rings. The largest absolute Gasteiger partial charge is 0.354 e. The van der Waals surface area contributed by atoms with Crippen LogP contribution in [0.5, 0.6) is 0 Å². The van der Waals surface area contributed by atoms with Crippen LogP contribution in [0.2, 0.25) is 0 Å². The van der Waals surface area contributed by atoms with Crippen molar-refractivity contribution in [3.05, 3.63) is 22.6 Å². The van der Waals surface area contributed by atoms with E-state index in [4.69, 9.17) is 0 Å². The van der Waals surface area contributed by atoms with Gasteiger partial charge in [-0.25, -0.2) is 9.37 Å². The molecule has 1 aliphatic heterocycles. The molecule has 0 unspecified atom stereocenters. The summed E-state index contributed by atoms with van der Waals surface area (Å²) in [7, 11) is 0. The third kappa shape index (κ3) is 1.82. The van der Waals surface area contributed by atoms with Gasteiger partial charge in [-0.05, 0) is 34.8 Å². The summed E-state index contributed by atoms with van der Waals surface area (Å²) in [4.78, 5) is 6.05. The van der Waals surface area contributed by atoms with Gasteiger partial charge < -0.3 is 4.90 Å². The van der Waals surface area contributed by atoms with Crippen molar-refractivity contribution in [3.63, 3.8) is 0 Å². The number of pyridine rings is 1. The summed E-state index contributed by atoms with van der Waals surface area (Å²) in [5.41, 5.74) is 0. The number of aromatic nitrogens is 1. The summed E-state index contributed by atoms with van der Waals surface area (Å²) >= 11 is 3.18. The first-order valence-electron chi connectivity index (χ1n) is 4.33. The van der Waals surface area contributed by atoms with E-state index in [2.05, 4.69) is 20.9 Å². The van der Waals surface area contributed by atoms with E-state index in [0.29, 0.717) is 10.3 Å². The highest BCUT2D eigenvalue weighted by Crippen LogP contribution is 2.23. The van der Waals surface area contributed by atoms with Crippen LogP contribution in [0.1, 0.15) is 12.8 Å². The van der Waals surface area contributed by atoms with Crippen molar-refractivity contribution in [1.82, 2.24) is 4.98 Å². The fraction of sp³-hybridized carbons (Fsp3) is 0.444. The van der Waals surface area contributed by atoms with Crippen LogP contribution in [0.3, 0.4) is 0 Å². The standard InChI is InChI=1S/C9H10BrFN2/c10-7-5-8(11)9(12-6-7)13-3-1-2-4-13/h5-6H,1-4H2. The van der Waals surface area contributed by atoms with Crippen LogP contribution in [-0.2, 0) is 0 Å². The molecule has 1 aliphatic rings. The molecule has 0 aromatic carbocycles. The van der Waals surface area contributed by atoms with Crippen molar-refractivity contribution in [2.45, 2.75) is 12.8 Å². The first-order valence-corrected chi connectivity index (χ1v) is 5.12. The molecule has 0 aliphatic carbocycles. The SMILES string of the molecule is Fc1cc(Br)cnc1N1CCCC1. The maximum absolute atomic E-state index is 13.4. The second-order valence-corrected chi connectivity index (χ2v) is 4.07. The highest BCUT2D eigenvalue weighted by atomic mass is 79.9. The van der Waals surface area contributed by atoms with E-state index in [1.165, 1.54) is 6.07 Å². The van der Waals surface area contributed by atoms with Crippen LogP contribution in [0.25, 0.3) is 0 Å². The van der Waals surface area contributed by atoms with E-state index < -0.39 is 0 Å². The van der Waals surface area contributed by atoms with E-state index in [9.17, 15) is 4.39 Å². The lowest BCUT2D eigenvalue weighted by molar-refractivity contribution is 0.614. The smallest absolute Gasteiger partial charge is 0.166 e. The zero-order chi connectivity index (χ0) is 9.26. The minimum Gasteiger partial charge on any atom is -0.354 e. The molecule has 0 N–H and O–H groups in total. The minimum atomic E-state index is -0.240. The molecule has 0 spiro atoms. The van der Waals surface area contributed by atoms with Crippen LogP contribution in [0.4, 0.5) is 10.2 Å². The Kier molecular flexibility index (Phi) is 2.49. The molecule has 70 valence electrons. The third-order valence-electron chi connectivity index (χ3n) is 2.19. The van der Waals surface area contributed by atoms with Gasteiger partial charge in [-0.3, -0.25) is 0 Å². The van der Waals surface area contributed by atoms with Crippen LogP contribution in [-0.4, -0.2) is 18.1 Å². The number of halogens is 2. The van der Waals surface area contributed by atoms with Gasteiger partial charge in [0.1, 0.15) is 0 Å². The zero-order valence-electron chi connectivity index (χ0n) is 7.13. The molecule has 2 nitrogen and oxygen atoms in total. The first-order chi connectivity index (χ1) is 6.27. The number of nitrogens with zero attached hydrogens (tertiary/aromatic N) is 2. The van der Waals surface area contributed by atoms with Crippen molar-refractivity contribution in [1.29, 1.82) is 0 Å². The normalized spacial score (nSPS) is 16.6. The summed E-state index contributed by atoms with van der Waals surface area (Å²) in [5.74, 6) is 0.247. The summed E-state index contributed by atoms with van der Waals surface area (Å²) in [6, 6.07) is 1.46. The number of rotatable bonds is 1. The van der Waals surface area contributed by atoms with Gasteiger partial charge in [-0.1, -0.05) is 0 Å². The fourth-order valence-corrected chi connectivity index (χ4v) is 1.87. The van der Waals surface area contributed by atoms with Gasteiger partial charge in [0.2, 0.25) is 0 Å². The average Bonchev–Trinajstić information content (AvgIpc) is 2.56. The Labute approximate surface area is 84.9 Å². The molecule has 13 heavy (non-hydrogen) atoms. The second-order valence-electron chi connectivity index (χ2n) is 3.15. The van der Waals surface area contributed by atoms with E-state index in [1.54, 1.807) is 6.20 Å². The van der Waals surface area contributed by atoms with Crippen LogP contribution >= 0.6 is 15.9 Å². The number of hydrogen-bond acceptors (Lipinski definition) is 2. The van der Waals surface area contributed by atoms with Crippen LogP contribution in [0, 0.1) is 5.82 Å². The monoisotopic (exact) mass is 244 g/mol. The molecular formula is C9H10BrFN2. The van der Waals surface area contributed by atoms with E-state index in [0.717, 1.165) is 25.9 Å². The Hall–Kier alpha value is -0.640. The van der Waals surface area contributed by atoms with Gasteiger partial charge in [0.15, 0.2) is 11.6 Å². The Morgan fingerprint density at radius 1 is 1.38 bits per heavy atom. The molecule has 0 atom stereocenters. The fourth-order valence-electron chi connectivity index (χ4n) is 1.57. The molecule has 0 amide bonds. The van der Waals surface area contributed by atoms with Crippen molar-refractivity contribution >= 4 is 21.7 Å². The first kappa shape index (κ1) is 8.94. The lowest BCUT2D eigenvalue weighted by Crippen LogP contribution is -2.20. The maximum Gasteiger partial charge on any atom is 0.166 e. The molecule has 1 saturated heterocycles. The molecular weight excluding hydrogens is 235 g/mol. The van der Waals surface area contributed by atoms with Gasteiger partial charge in [-0.15, -0.1) is 0 Å². The topological polar surface area (TPSA) is 16.1 Å². The predicted molar refractivity (Wildman–Crippen MR) is 53.3 cm³/mol. The molecule has 1 aromatic heterocycles. The summed E-state index contributed by atoms with van der Waals surface area (Å²) in [5, 5.41) is 0. The summed E-state index contributed by atoms with van der Waals surface area (Å²) < 4.78 is 14.1. The van der Waals surface area contributed by atoms with Crippen LogP contribution in [0.15, 0.2) is 16.7 Å². The Morgan fingerprint density at radius 3 is 2.69 bits per heavy atom. The van der Waals surface area contributed by atoms with E-state index >= 15 is 0 Å². The maximum atomic E-state index is 13.4. The lowest BCUT2D eigenvalue weighted by Gasteiger charge is -2.16. The van der Waals surface area contributed by atoms with Gasteiger partial charge in [0.05, 0.1) is 0 Å². The van der Waals surface area contributed by atoms with Crippen molar-refractivity contribution in [2.75, 3.05) is 18.0 Å². The van der Waals surface area contributed by atoms with Gasteiger partial charge in [-0.2, -0.15) is 0 Å². The molecule has 0 bridgehead atoms. The minimum absolute atomic E-state index is 0.240. The van der Waals surface area contributed by atoms with E-state index in [-0.39, 0.29) is 5.82 Å². The van der Waals surface area contributed by atoms with Gasteiger partial charge >= 0.3 is 0 Å². The second kappa shape index (κ2) is 3.62. The van der Waals surface area contributed by atoms with E-state index in [1.807, 2.05) is 4.90 Å². The molecule has 0 radical (unpaired) electrons. The zero-order valence-corrected chi connectivity index (χ0v) is 8.72. The Balaban J connectivity index is 2.29. The molecule has 0 saturated carbocycles. The van der Waals surface area contributed by atoms with Crippen LogP contribution < -0.4 is 4.90 Å². The Bertz CT molecular complexity index is 310. The Morgan fingerprint density at radius 2 is 2.08 bits per heavy atom. The lowest BCUT2D eigenvalue weighted by atomic mass is 10.4. The number of hydrogen-bond donors (Lipinski definition) is 0. The number of anilines is 1. The highest BCUT2D eigenvalue weighted by Gasteiger charge is 2.17. The van der Waals surface area contributed by atoms with Crippen molar-refractivity contribution in [3.8, 4) is 0 Å². The van der Waals surface area contributed by atoms with Crippen molar-refractivity contribution in [2.24, 2.45) is 0 Å². The average molecular weight is 245 g/mol. The quantitative estimate of drug-likeness (QED) is 0.755. The predicted octanol–water partition coefficient (Wildman–Crippen LogP) is 2.58. The summed E-state index contributed by atoms with van der Waals surface area (Å²) in [6.45, 7) is 1.84. The highest BCUT2D eigenvalue weighted by molar-refractivity contribution is 9.10. The molecule has 4 heteroatoms. The summed E-state index contributed by atoms with van der Waals surface area (Å²) in [6.07, 6.45) is 3.91.